The predicted octanol–water partition coefficient (Wildman–Crippen LogP) is 2.34. The van der Waals surface area contributed by atoms with Crippen LogP contribution in [0.1, 0.15) is 16.1 Å². The van der Waals surface area contributed by atoms with Gasteiger partial charge in [-0.05, 0) is 29.8 Å². The van der Waals surface area contributed by atoms with E-state index in [1.807, 2.05) is 12.1 Å². The Kier molecular flexibility index (Phi) is 3.09. The maximum Gasteiger partial charge on any atom is 0.287 e. The molecule has 5 nitrogen and oxygen atoms in total. The summed E-state index contributed by atoms with van der Waals surface area (Å²) < 4.78 is 5.47. The van der Waals surface area contributed by atoms with E-state index in [2.05, 4.69) is 10.3 Å². The van der Waals surface area contributed by atoms with E-state index >= 15 is 0 Å². The van der Waals surface area contributed by atoms with Crippen LogP contribution in [0.25, 0.3) is 11.0 Å². The van der Waals surface area contributed by atoms with Crippen LogP contribution >= 0.6 is 0 Å². The molecule has 0 radical (unpaired) electrons. The molecule has 0 bridgehead atoms. The molecule has 0 aliphatic rings. The lowest BCUT2D eigenvalue weighted by atomic mass is 10.2. The summed E-state index contributed by atoms with van der Waals surface area (Å²) in [5.74, 6) is 0.0291. The van der Waals surface area contributed by atoms with Gasteiger partial charge in [0.2, 0.25) is 0 Å². The van der Waals surface area contributed by atoms with Crippen molar-refractivity contribution in [2.24, 2.45) is 0 Å². The molecule has 0 atom stereocenters. The molecule has 0 saturated heterocycles. The first-order chi connectivity index (χ1) is 9.72. The van der Waals surface area contributed by atoms with E-state index in [4.69, 9.17) is 10.2 Å². The molecule has 100 valence electrons. The number of nitrogens with two attached hydrogens (primary N) is 1. The molecular formula is C15H13N3O2. The summed E-state index contributed by atoms with van der Waals surface area (Å²) in [4.78, 5) is 16.0. The fourth-order valence-corrected chi connectivity index (χ4v) is 1.90. The molecule has 3 rings (SSSR count). The molecule has 1 aromatic carbocycles. The van der Waals surface area contributed by atoms with E-state index in [1.165, 1.54) is 0 Å². The normalized spacial score (nSPS) is 10.6. The quantitative estimate of drug-likeness (QED) is 0.714. The number of benzene rings is 1. The average Bonchev–Trinajstić information content (AvgIpc) is 2.90. The third-order valence-electron chi connectivity index (χ3n) is 2.97. The smallest absolute Gasteiger partial charge is 0.287 e. The Morgan fingerprint density at radius 3 is 2.80 bits per heavy atom. The number of rotatable bonds is 3. The monoisotopic (exact) mass is 267 g/mol. The van der Waals surface area contributed by atoms with E-state index in [0.29, 0.717) is 17.8 Å². The van der Waals surface area contributed by atoms with Gasteiger partial charge in [0.25, 0.3) is 5.91 Å². The maximum absolute atomic E-state index is 12.0. The standard InChI is InChI=1S/C15H13N3O2/c16-12-3-1-10(2-4-12)8-18-15(19)14-7-11-9-17-6-5-13(11)20-14/h1-7,9H,8,16H2,(H,18,19). The van der Waals surface area contributed by atoms with Crippen molar-refractivity contribution in [2.75, 3.05) is 5.73 Å². The van der Waals surface area contributed by atoms with Crippen LogP contribution in [0.15, 0.2) is 53.2 Å². The predicted molar refractivity (Wildman–Crippen MR) is 76.0 cm³/mol. The number of hydrogen-bond acceptors (Lipinski definition) is 4. The molecule has 2 heterocycles. The van der Waals surface area contributed by atoms with Gasteiger partial charge >= 0.3 is 0 Å². The first kappa shape index (κ1) is 12.2. The summed E-state index contributed by atoms with van der Waals surface area (Å²) in [7, 11) is 0. The molecule has 0 aliphatic heterocycles. The van der Waals surface area contributed by atoms with Crippen LogP contribution in [-0.4, -0.2) is 10.9 Å². The molecular weight excluding hydrogens is 254 g/mol. The summed E-state index contributed by atoms with van der Waals surface area (Å²) >= 11 is 0. The molecule has 0 saturated carbocycles. The van der Waals surface area contributed by atoms with Gasteiger partial charge in [0.15, 0.2) is 5.76 Å². The number of nitrogen functional groups attached to an aromatic ring is 1. The Labute approximate surface area is 115 Å². The second-order valence-electron chi connectivity index (χ2n) is 4.45. The summed E-state index contributed by atoms with van der Waals surface area (Å²) in [6.45, 7) is 0.425. The topological polar surface area (TPSA) is 81.1 Å². The van der Waals surface area contributed by atoms with E-state index in [9.17, 15) is 4.79 Å². The van der Waals surface area contributed by atoms with E-state index < -0.39 is 0 Å². The number of amides is 1. The van der Waals surface area contributed by atoms with Crippen LogP contribution in [0.5, 0.6) is 0 Å². The molecule has 3 N–H and O–H groups in total. The Morgan fingerprint density at radius 1 is 1.25 bits per heavy atom. The van der Waals surface area contributed by atoms with Gasteiger partial charge in [-0.25, -0.2) is 0 Å². The summed E-state index contributed by atoms with van der Waals surface area (Å²) in [5.41, 5.74) is 7.94. The number of carbonyl (C=O) groups is 1. The number of furan rings is 1. The Balaban J connectivity index is 1.71. The number of anilines is 1. The van der Waals surface area contributed by atoms with Crippen molar-refractivity contribution in [1.82, 2.24) is 10.3 Å². The third kappa shape index (κ3) is 2.47. The lowest BCUT2D eigenvalue weighted by molar-refractivity contribution is 0.0925. The third-order valence-corrected chi connectivity index (χ3v) is 2.97. The lowest BCUT2D eigenvalue weighted by Gasteiger charge is -2.03. The van der Waals surface area contributed by atoms with Crippen LogP contribution in [0, 0.1) is 0 Å². The molecule has 0 unspecified atom stereocenters. The Morgan fingerprint density at radius 2 is 2.05 bits per heavy atom. The molecule has 2 aromatic heterocycles. The zero-order valence-corrected chi connectivity index (χ0v) is 10.7. The highest BCUT2D eigenvalue weighted by molar-refractivity contribution is 5.95. The van der Waals surface area contributed by atoms with Gasteiger partial charge in [-0.2, -0.15) is 0 Å². The molecule has 0 spiro atoms. The van der Waals surface area contributed by atoms with Gasteiger partial charge in [-0.3, -0.25) is 9.78 Å². The zero-order chi connectivity index (χ0) is 13.9. The number of nitrogens with zero attached hydrogens (tertiary/aromatic N) is 1. The van der Waals surface area contributed by atoms with Gasteiger partial charge < -0.3 is 15.5 Å². The zero-order valence-electron chi connectivity index (χ0n) is 10.7. The van der Waals surface area contributed by atoms with Crippen molar-refractivity contribution >= 4 is 22.6 Å². The van der Waals surface area contributed by atoms with Gasteiger partial charge in [0.05, 0.1) is 0 Å². The van der Waals surface area contributed by atoms with E-state index in [-0.39, 0.29) is 11.7 Å². The molecule has 0 fully saturated rings. The van der Waals surface area contributed by atoms with Crippen LogP contribution in [0.2, 0.25) is 0 Å². The van der Waals surface area contributed by atoms with Gasteiger partial charge in [0, 0.05) is 30.0 Å². The van der Waals surface area contributed by atoms with Crippen molar-refractivity contribution in [2.45, 2.75) is 6.54 Å². The fourth-order valence-electron chi connectivity index (χ4n) is 1.90. The van der Waals surface area contributed by atoms with E-state index in [0.717, 1.165) is 10.9 Å². The minimum atomic E-state index is -0.252. The highest BCUT2D eigenvalue weighted by Gasteiger charge is 2.11. The van der Waals surface area contributed by atoms with Crippen LogP contribution < -0.4 is 11.1 Å². The summed E-state index contributed by atoms with van der Waals surface area (Å²) in [5, 5.41) is 3.61. The van der Waals surface area contributed by atoms with E-state index in [1.54, 1.807) is 36.7 Å². The molecule has 1 amide bonds. The molecule has 5 heteroatoms. The van der Waals surface area contributed by atoms with Gasteiger partial charge in [0.1, 0.15) is 5.58 Å². The largest absolute Gasteiger partial charge is 0.451 e. The lowest BCUT2D eigenvalue weighted by Crippen LogP contribution is -2.22. The number of aromatic nitrogens is 1. The summed E-state index contributed by atoms with van der Waals surface area (Å²) in [6, 6.07) is 10.8. The minimum Gasteiger partial charge on any atom is -0.451 e. The number of hydrogen-bond donors (Lipinski definition) is 2. The van der Waals surface area contributed by atoms with Crippen molar-refractivity contribution in [3.05, 3.63) is 60.1 Å². The van der Waals surface area contributed by atoms with Crippen LogP contribution in [0.3, 0.4) is 0 Å². The first-order valence-electron chi connectivity index (χ1n) is 6.18. The first-order valence-corrected chi connectivity index (χ1v) is 6.18. The highest BCUT2D eigenvalue weighted by Crippen LogP contribution is 2.17. The van der Waals surface area contributed by atoms with Gasteiger partial charge in [-0.1, -0.05) is 12.1 Å². The second kappa shape index (κ2) is 5.05. The highest BCUT2D eigenvalue weighted by atomic mass is 16.3. The Bertz CT molecular complexity index is 714. The maximum atomic E-state index is 12.0. The van der Waals surface area contributed by atoms with Crippen LogP contribution in [0.4, 0.5) is 5.69 Å². The average molecular weight is 267 g/mol. The molecule has 3 aromatic rings. The van der Waals surface area contributed by atoms with Crippen LogP contribution in [-0.2, 0) is 6.54 Å². The minimum absolute atomic E-state index is 0.252. The number of carbonyl (C=O) groups excluding carboxylic acids is 1. The van der Waals surface area contributed by atoms with Gasteiger partial charge in [-0.15, -0.1) is 0 Å². The molecule has 0 aliphatic carbocycles. The fraction of sp³-hybridized carbons (Fsp3) is 0.0667. The van der Waals surface area contributed by atoms with Crippen molar-refractivity contribution in [3.63, 3.8) is 0 Å². The summed E-state index contributed by atoms with van der Waals surface area (Å²) in [6.07, 6.45) is 3.29. The number of fused-ring (bicyclic) bond motifs is 1. The Hall–Kier alpha value is -2.82. The second-order valence-corrected chi connectivity index (χ2v) is 4.45. The number of pyridine rings is 1. The molecule has 20 heavy (non-hydrogen) atoms. The van der Waals surface area contributed by atoms with Crippen molar-refractivity contribution in [3.8, 4) is 0 Å². The number of nitrogens with one attached hydrogen (secondary N) is 1. The van der Waals surface area contributed by atoms with Crippen molar-refractivity contribution < 1.29 is 9.21 Å². The van der Waals surface area contributed by atoms with Crippen molar-refractivity contribution in [1.29, 1.82) is 0 Å². The SMILES string of the molecule is Nc1ccc(CNC(=O)c2cc3cnccc3o2)cc1.